The van der Waals surface area contributed by atoms with E-state index in [1.807, 2.05) is 31.2 Å². The number of aromatic carboxylic acids is 1. The molecule has 5 nitrogen and oxygen atoms in total. The summed E-state index contributed by atoms with van der Waals surface area (Å²) in [6, 6.07) is 9.22. The van der Waals surface area contributed by atoms with Crippen molar-refractivity contribution in [1.82, 2.24) is 4.57 Å². The van der Waals surface area contributed by atoms with Crippen molar-refractivity contribution >= 4 is 17.6 Å². The Balaban J connectivity index is 2.16. The maximum Gasteiger partial charge on any atom is 0.352 e. The number of carbonyl (C=O) groups is 2. The van der Waals surface area contributed by atoms with E-state index in [1.54, 1.807) is 19.9 Å². The molecule has 0 unspecified atom stereocenters. The Morgan fingerprint density at radius 3 is 2.33 bits per heavy atom. The highest BCUT2D eigenvalue weighted by molar-refractivity contribution is 5.92. The predicted octanol–water partition coefficient (Wildman–Crippen LogP) is 2.75. The van der Waals surface area contributed by atoms with E-state index < -0.39 is 5.97 Å². The van der Waals surface area contributed by atoms with E-state index >= 15 is 0 Å². The summed E-state index contributed by atoms with van der Waals surface area (Å²) in [5, 5.41) is 12.0. The van der Waals surface area contributed by atoms with Crippen molar-refractivity contribution in [3.05, 3.63) is 52.8 Å². The van der Waals surface area contributed by atoms with E-state index in [0.29, 0.717) is 11.3 Å². The molecule has 1 aromatic heterocycles. The van der Waals surface area contributed by atoms with Crippen LogP contribution in [-0.2, 0) is 11.3 Å². The summed E-state index contributed by atoms with van der Waals surface area (Å²) in [7, 11) is 0. The zero-order valence-corrected chi connectivity index (χ0v) is 12.3. The van der Waals surface area contributed by atoms with Gasteiger partial charge in [-0.1, -0.05) is 17.7 Å². The molecular weight excluding hydrogens is 268 g/mol. The van der Waals surface area contributed by atoms with Crippen molar-refractivity contribution in [2.75, 3.05) is 5.32 Å². The quantitative estimate of drug-likeness (QED) is 0.907. The summed E-state index contributed by atoms with van der Waals surface area (Å²) < 4.78 is 1.52. The van der Waals surface area contributed by atoms with Gasteiger partial charge in [0.1, 0.15) is 12.2 Å². The Morgan fingerprint density at radius 1 is 1.14 bits per heavy atom. The van der Waals surface area contributed by atoms with Crippen molar-refractivity contribution in [2.45, 2.75) is 27.3 Å². The Labute approximate surface area is 123 Å². The lowest BCUT2D eigenvalue weighted by Gasteiger charge is -2.10. The molecule has 0 radical (unpaired) electrons. The molecule has 0 atom stereocenters. The lowest BCUT2D eigenvalue weighted by Crippen LogP contribution is -2.22. The minimum Gasteiger partial charge on any atom is -0.477 e. The summed E-state index contributed by atoms with van der Waals surface area (Å²) in [4.78, 5) is 23.4. The number of rotatable bonds is 4. The van der Waals surface area contributed by atoms with Crippen LogP contribution in [0.1, 0.15) is 27.3 Å². The minimum atomic E-state index is -1.02. The summed E-state index contributed by atoms with van der Waals surface area (Å²) in [5.41, 5.74) is 3.38. The molecule has 0 bridgehead atoms. The number of carbonyl (C=O) groups excluding carboxylic acids is 1. The molecule has 0 aliphatic carbocycles. The fourth-order valence-electron chi connectivity index (χ4n) is 2.32. The minimum absolute atomic E-state index is 0.0187. The zero-order chi connectivity index (χ0) is 15.6. The average Bonchev–Trinajstić information content (AvgIpc) is 2.67. The highest BCUT2D eigenvalue weighted by Crippen LogP contribution is 2.16. The van der Waals surface area contributed by atoms with Crippen LogP contribution in [0.25, 0.3) is 0 Å². The summed E-state index contributed by atoms with van der Waals surface area (Å²) in [5.74, 6) is -1.27. The maximum atomic E-state index is 12.1. The van der Waals surface area contributed by atoms with Gasteiger partial charge in [-0.15, -0.1) is 0 Å². The number of nitrogens with zero attached hydrogens (tertiary/aromatic N) is 1. The highest BCUT2D eigenvalue weighted by atomic mass is 16.4. The molecule has 0 saturated heterocycles. The van der Waals surface area contributed by atoms with E-state index in [-0.39, 0.29) is 18.1 Å². The van der Waals surface area contributed by atoms with Crippen LogP contribution in [0, 0.1) is 20.8 Å². The van der Waals surface area contributed by atoms with Crippen molar-refractivity contribution < 1.29 is 14.7 Å². The number of aryl methyl sites for hydroxylation is 3. The van der Waals surface area contributed by atoms with Crippen molar-refractivity contribution in [3.63, 3.8) is 0 Å². The second-order valence-electron chi connectivity index (χ2n) is 5.12. The third-order valence-electron chi connectivity index (χ3n) is 3.33. The first-order valence-electron chi connectivity index (χ1n) is 6.65. The molecule has 2 rings (SSSR count). The Hall–Kier alpha value is -2.56. The number of carboxylic acids is 1. The molecular formula is C16H18N2O3. The normalized spacial score (nSPS) is 10.4. The fourth-order valence-corrected chi connectivity index (χ4v) is 2.32. The van der Waals surface area contributed by atoms with E-state index in [0.717, 1.165) is 11.3 Å². The molecule has 1 amide bonds. The van der Waals surface area contributed by atoms with Gasteiger partial charge in [0.05, 0.1) is 0 Å². The number of carboxylic acid groups (broad SMARTS) is 1. The second-order valence-corrected chi connectivity index (χ2v) is 5.12. The van der Waals surface area contributed by atoms with Crippen LogP contribution in [0.4, 0.5) is 5.69 Å². The third kappa shape index (κ3) is 3.31. The van der Waals surface area contributed by atoms with Crippen LogP contribution in [0.3, 0.4) is 0 Å². The number of amides is 1. The molecule has 21 heavy (non-hydrogen) atoms. The van der Waals surface area contributed by atoms with Gasteiger partial charge in [0.2, 0.25) is 5.91 Å². The van der Waals surface area contributed by atoms with Crippen LogP contribution in [0.15, 0.2) is 30.3 Å². The van der Waals surface area contributed by atoms with Crippen LogP contribution in [0.2, 0.25) is 0 Å². The van der Waals surface area contributed by atoms with Gasteiger partial charge in [0, 0.05) is 11.4 Å². The van der Waals surface area contributed by atoms with Crippen LogP contribution >= 0.6 is 0 Å². The van der Waals surface area contributed by atoms with E-state index in [2.05, 4.69) is 5.32 Å². The Kier molecular flexibility index (Phi) is 4.12. The fraction of sp³-hybridized carbons (Fsp3) is 0.250. The third-order valence-corrected chi connectivity index (χ3v) is 3.33. The number of nitrogens with one attached hydrogen (secondary N) is 1. The van der Waals surface area contributed by atoms with Gasteiger partial charge in [-0.25, -0.2) is 4.79 Å². The molecule has 0 aliphatic rings. The first kappa shape index (κ1) is 14.8. The van der Waals surface area contributed by atoms with Gasteiger partial charge < -0.3 is 15.0 Å². The smallest absolute Gasteiger partial charge is 0.352 e. The molecule has 0 saturated carbocycles. The number of aromatic nitrogens is 1. The first-order chi connectivity index (χ1) is 9.88. The van der Waals surface area contributed by atoms with Crippen molar-refractivity contribution in [1.29, 1.82) is 0 Å². The van der Waals surface area contributed by atoms with Gasteiger partial charge in [-0.05, 0) is 44.5 Å². The van der Waals surface area contributed by atoms with E-state index in [4.69, 9.17) is 0 Å². The number of anilines is 1. The predicted molar refractivity (Wildman–Crippen MR) is 80.7 cm³/mol. The number of hydrogen-bond acceptors (Lipinski definition) is 2. The Morgan fingerprint density at radius 2 is 1.76 bits per heavy atom. The largest absolute Gasteiger partial charge is 0.477 e. The first-order valence-corrected chi connectivity index (χ1v) is 6.65. The van der Waals surface area contributed by atoms with E-state index in [9.17, 15) is 14.7 Å². The average molecular weight is 286 g/mol. The van der Waals surface area contributed by atoms with Crippen LogP contribution in [-0.4, -0.2) is 21.6 Å². The van der Waals surface area contributed by atoms with Gasteiger partial charge in [-0.3, -0.25) is 4.79 Å². The zero-order valence-electron chi connectivity index (χ0n) is 12.3. The SMILES string of the molecule is Cc1ccc(NC(=O)Cn2c(C)cc(C)c2C(=O)O)cc1. The van der Waals surface area contributed by atoms with Crippen molar-refractivity contribution in [3.8, 4) is 0 Å². The lowest BCUT2D eigenvalue weighted by atomic mass is 10.2. The van der Waals surface area contributed by atoms with Gasteiger partial charge in [0.25, 0.3) is 0 Å². The molecule has 2 N–H and O–H groups in total. The molecule has 2 aromatic rings. The second kappa shape index (κ2) is 5.83. The van der Waals surface area contributed by atoms with Crippen LogP contribution < -0.4 is 5.32 Å². The highest BCUT2D eigenvalue weighted by Gasteiger charge is 2.18. The number of benzene rings is 1. The molecule has 0 fully saturated rings. The maximum absolute atomic E-state index is 12.1. The number of hydrogen-bond donors (Lipinski definition) is 2. The van der Waals surface area contributed by atoms with Crippen LogP contribution in [0.5, 0.6) is 0 Å². The topological polar surface area (TPSA) is 71.3 Å². The van der Waals surface area contributed by atoms with Crippen molar-refractivity contribution in [2.24, 2.45) is 0 Å². The summed E-state index contributed by atoms with van der Waals surface area (Å²) in [6.07, 6.45) is 0. The molecule has 0 spiro atoms. The summed E-state index contributed by atoms with van der Waals surface area (Å²) in [6.45, 7) is 5.47. The monoisotopic (exact) mass is 286 g/mol. The molecule has 0 aliphatic heterocycles. The lowest BCUT2D eigenvalue weighted by molar-refractivity contribution is -0.116. The molecule has 1 heterocycles. The molecule has 1 aromatic carbocycles. The Bertz CT molecular complexity index is 684. The van der Waals surface area contributed by atoms with Gasteiger partial charge >= 0.3 is 5.97 Å². The molecule has 5 heteroatoms. The summed E-state index contributed by atoms with van der Waals surface area (Å²) >= 11 is 0. The van der Waals surface area contributed by atoms with Gasteiger partial charge in [-0.2, -0.15) is 0 Å². The standard InChI is InChI=1S/C16H18N2O3/c1-10-4-6-13(7-5-10)17-14(19)9-18-12(3)8-11(2)15(18)16(20)21/h4-8H,9H2,1-3H3,(H,17,19)(H,20,21). The van der Waals surface area contributed by atoms with Gasteiger partial charge in [0.15, 0.2) is 0 Å². The van der Waals surface area contributed by atoms with E-state index in [1.165, 1.54) is 4.57 Å². The molecule has 110 valence electrons.